The summed E-state index contributed by atoms with van der Waals surface area (Å²) in [6, 6.07) is 7.34. The molecule has 1 unspecified atom stereocenters. The first-order chi connectivity index (χ1) is 9.34. The standard InChI is InChI=1S/C15H19NO3Si/c1-6-13(18-2)15(19-20(3,4)5)12-10-8-7-9-11(12)14(17)16-15/h7-10H,1H2,2-5H3,(H,16,17). The van der Waals surface area contributed by atoms with Gasteiger partial charge < -0.3 is 14.5 Å². The van der Waals surface area contributed by atoms with Crippen LogP contribution in [-0.4, -0.2) is 21.3 Å². The van der Waals surface area contributed by atoms with E-state index in [0.717, 1.165) is 5.56 Å². The van der Waals surface area contributed by atoms with E-state index in [2.05, 4.69) is 37.3 Å². The third-order valence-electron chi connectivity index (χ3n) is 2.98. The minimum Gasteiger partial charge on any atom is -0.488 e. The Labute approximate surface area is 120 Å². The number of fused-ring (bicyclic) bond motifs is 1. The van der Waals surface area contributed by atoms with Crippen molar-refractivity contribution in [1.29, 1.82) is 0 Å². The van der Waals surface area contributed by atoms with Crippen molar-refractivity contribution in [1.82, 2.24) is 5.32 Å². The molecule has 0 saturated heterocycles. The molecule has 0 aliphatic carbocycles. The predicted octanol–water partition coefficient (Wildman–Crippen LogP) is 2.75. The molecule has 0 radical (unpaired) electrons. The summed E-state index contributed by atoms with van der Waals surface area (Å²) in [5.41, 5.74) is 2.97. The van der Waals surface area contributed by atoms with E-state index in [-0.39, 0.29) is 5.91 Å². The maximum atomic E-state index is 12.2. The predicted molar refractivity (Wildman–Crippen MR) is 79.7 cm³/mol. The summed E-state index contributed by atoms with van der Waals surface area (Å²) < 4.78 is 11.6. The van der Waals surface area contributed by atoms with Crippen LogP contribution in [0.3, 0.4) is 0 Å². The molecule has 1 aliphatic heterocycles. The molecule has 0 fully saturated rings. The van der Waals surface area contributed by atoms with Crippen LogP contribution < -0.4 is 5.32 Å². The van der Waals surface area contributed by atoms with E-state index in [1.807, 2.05) is 18.2 Å². The third-order valence-corrected chi connectivity index (χ3v) is 3.90. The highest BCUT2D eigenvalue weighted by molar-refractivity contribution is 6.69. The molecule has 1 N–H and O–H groups in total. The highest BCUT2D eigenvalue weighted by atomic mass is 28.4. The molecule has 1 atom stereocenters. The smallest absolute Gasteiger partial charge is 0.254 e. The molecule has 106 valence electrons. The van der Waals surface area contributed by atoms with Crippen molar-refractivity contribution in [3.05, 3.63) is 53.5 Å². The lowest BCUT2D eigenvalue weighted by Gasteiger charge is -2.36. The Bertz CT molecular complexity index is 599. The van der Waals surface area contributed by atoms with E-state index in [1.165, 1.54) is 7.11 Å². The van der Waals surface area contributed by atoms with Crippen LogP contribution in [0.5, 0.6) is 0 Å². The maximum Gasteiger partial charge on any atom is 0.254 e. The summed E-state index contributed by atoms with van der Waals surface area (Å²) in [6.45, 7) is 9.81. The van der Waals surface area contributed by atoms with Gasteiger partial charge in [-0.15, -0.1) is 0 Å². The molecule has 0 saturated carbocycles. The minimum atomic E-state index is -1.97. The summed E-state index contributed by atoms with van der Waals surface area (Å²) in [7, 11) is -0.448. The van der Waals surface area contributed by atoms with Gasteiger partial charge in [0, 0.05) is 11.1 Å². The van der Waals surface area contributed by atoms with E-state index in [0.29, 0.717) is 11.3 Å². The fraction of sp³-hybridized carbons (Fsp3) is 0.333. The Hall–Kier alpha value is -1.81. The van der Waals surface area contributed by atoms with E-state index >= 15 is 0 Å². The lowest BCUT2D eigenvalue weighted by atomic mass is 10.0. The number of benzene rings is 1. The van der Waals surface area contributed by atoms with Crippen LogP contribution in [0, 0.1) is 0 Å². The maximum absolute atomic E-state index is 12.2. The van der Waals surface area contributed by atoms with Gasteiger partial charge in [0.2, 0.25) is 5.72 Å². The zero-order valence-corrected chi connectivity index (χ0v) is 13.2. The Balaban J connectivity index is 2.67. The van der Waals surface area contributed by atoms with Gasteiger partial charge in [0.15, 0.2) is 14.1 Å². The fourth-order valence-electron chi connectivity index (χ4n) is 2.39. The molecule has 0 aromatic heterocycles. The second-order valence-corrected chi connectivity index (χ2v) is 10.0. The van der Waals surface area contributed by atoms with Gasteiger partial charge in [0.05, 0.1) is 7.11 Å². The molecule has 5 heteroatoms. The monoisotopic (exact) mass is 289 g/mol. The topological polar surface area (TPSA) is 47.6 Å². The number of carbonyl (C=O) groups excluding carboxylic acids is 1. The summed E-state index contributed by atoms with van der Waals surface area (Å²) in [5, 5.41) is 2.90. The van der Waals surface area contributed by atoms with Gasteiger partial charge in [0.1, 0.15) is 0 Å². The highest BCUT2D eigenvalue weighted by Crippen LogP contribution is 2.40. The van der Waals surface area contributed by atoms with Crippen molar-refractivity contribution in [3.63, 3.8) is 0 Å². The second-order valence-electron chi connectivity index (χ2n) is 5.61. The summed E-state index contributed by atoms with van der Waals surface area (Å²) in [6.07, 6.45) is 0. The lowest BCUT2D eigenvalue weighted by Crippen LogP contribution is -2.50. The zero-order valence-electron chi connectivity index (χ0n) is 12.2. The number of nitrogens with one attached hydrogen (secondary N) is 1. The van der Waals surface area contributed by atoms with Gasteiger partial charge in [-0.2, -0.15) is 0 Å². The highest BCUT2D eigenvalue weighted by Gasteiger charge is 2.50. The van der Waals surface area contributed by atoms with Crippen molar-refractivity contribution < 1.29 is 14.0 Å². The molecule has 1 aromatic carbocycles. The average Bonchev–Trinajstić information content (AvgIpc) is 2.63. The van der Waals surface area contributed by atoms with Crippen molar-refractivity contribution in [2.75, 3.05) is 7.11 Å². The summed E-state index contributed by atoms with van der Waals surface area (Å²) >= 11 is 0. The second kappa shape index (κ2) is 4.94. The number of hydrogen-bond donors (Lipinski definition) is 1. The molecule has 1 amide bonds. The van der Waals surface area contributed by atoms with Gasteiger partial charge in [-0.05, 0) is 25.7 Å². The first kappa shape index (κ1) is 14.6. The number of carbonyl (C=O) groups is 1. The van der Waals surface area contributed by atoms with Crippen LogP contribution in [0.4, 0.5) is 0 Å². The Morgan fingerprint density at radius 1 is 1.35 bits per heavy atom. The molecule has 4 nitrogen and oxygen atoms in total. The van der Waals surface area contributed by atoms with Crippen LogP contribution >= 0.6 is 0 Å². The number of ether oxygens (including phenoxy) is 1. The molecule has 2 rings (SSSR count). The van der Waals surface area contributed by atoms with Gasteiger partial charge in [0.25, 0.3) is 5.91 Å². The number of rotatable bonds is 4. The first-order valence-corrected chi connectivity index (χ1v) is 9.81. The van der Waals surface area contributed by atoms with Crippen molar-refractivity contribution >= 4 is 14.2 Å². The van der Waals surface area contributed by atoms with Crippen LogP contribution in [-0.2, 0) is 14.9 Å². The van der Waals surface area contributed by atoms with Crippen LogP contribution in [0.15, 0.2) is 42.3 Å². The largest absolute Gasteiger partial charge is 0.488 e. The number of methoxy groups -OCH3 is 1. The van der Waals surface area contributed by atoms with Gasteiger partial charge in [-0.3, -0.25) is 4.79 Å². The fourth-order valence-corrected chi connectivity index (χ4v) is 3.56. The first-order valence-electron chi connectivity index (χ1n) is 6.41. The molecule has 1 heterocycles. The molecule has 1 aromatic rings. The Morgan fingerprint density at radius 2 is 2.00 bits per heavy atom. The summed E-state index contributed by atoms with van der Waals surface area (Å²) in [5.74, 6) is 0.196. The summed E-state index contributed by atoms with van der Waals surface area (Å²) in [4.78, 5) is 12.2. The van der Waals surface area contributed by atoms with E-state index in [4.69, 9.17) is 9.16 Å². The van der Waals surface area contributed by atoms with Crippen LogP contribution in [0.25, 0.3) is 0 Å². The Kier molecular flexibility index (Phi) is 3.61. The van der Waals surface area contributed by atoms with E-state index in [1.54, 1.807) is 6.07 Å². The van der Waals surface area contributed by atoms with Crippen LogP contribution in [0.2, 0.25) is 19.6 Å². The molecule has 0 bridgehead atoms. The quantitative estimate of drug-likeness (QED) is 0.527. The van der Waals surface area contributed by atoms with Gasteiger partial charge >= 0.3 is 0 Å². The van der Waals surface area contributed by atoms with E-state index in [9.17, 15) is 4.79 Å². The van der Waals surface area contributed by atoms with Crippen molar-refractivity contribution in [2.24, 2.45) is 0 Å². The molecule has 20 heavy (non-hydrogen) atoms. The van der Waals surface area contributed by atoms with Crippen molar-refractivity contribution in [2.45, 2.75) is 25.4 Å². The lowest BCUT2D eigenvalue weighted by molar-refractivity contribution is 0.0164. The van der Waals surface area contributed by atoms with Crippen LogP contribution in [0.1, 0.15) is 15.9 Å². The molecular weight excluding hydrogens is 270 g/mol. The van der Waals surface area contributed by atoms with E-state index < -0.39 is 14.0 Å². The Morgan fingerprint density at radius 3 is 2.55 bits per heavy atom. The van der Waals surface area contributed by atoms with Crippen molar-refractivity contribution in [3.8, 4) is 0 Å². The zero-order chi connectivity index (χ0) is 15.0. The number of hydrogen-bond acceptors (Lipinski definition) is 3. The SMILES string of the molecule is C=C=C(OC)C1(O[Si](C)(C)C)NC(=O)c2ccccc21. The normalized spacial score (nSPS) is 20.9. The minimum absolute atomic E-state index is 0.177. The third kappa shape index (κ3) is 2.31. The molecule has 0 spiro atoms. The van der Waals surface area contributed by atoms with Gasteiger partial charge in [-0.1, -0.05) is 30.5 Å². The molecule has 1 aliphatic rings. The van der Waals surface area contributed by atoms with Gasteiger partial charge in [-0.25, -0.2) is 0 Å². The number of amides is 1. The molecular formula is C15H19NO3Si. The average molecular weight is 289 g/mol.